The summed E-state index contributed by atoms with van der Waals surface area (Å²) in [6.07, 6.45) is 8.11. The van der Waals surface area contributed by atoms with Crippen LogP contribution in [0.4, 0.5) is 5.82 Å². The molecule has 2 N–H and O–H groups in total. The van der Waals surface area contributed by atoms with Crippen LogP contribution in [0.3, 0.4) is 0 Å². The maximum absolute atomic E-state index is 13.6. The second-order valence-electron chi connectivity index (χ2n) is 9.70. The van der Waals surface area contributed by atoms with Crippen molar-refractivity contribution >= 4 is 33.5 Å². The van der Waals surface area contributed by atoms with Crippen LogP contribution < -0.4 is 10.5 Å². The molecule has 5 aromatic rings. The molecule has 4 heterocycles. The number of aryl methyl sites for hydroxylation is 1. The first-order valence-electron chi connectivity index (χ1n) is 12.1. The summed E-state index contributed by atoms with van der Waals surface area (Å²) in [6, 6.07) is 12.1. The van der Waals surface area contributed by atoms with Crippen LogP contribution in [0.5, 0.6) is 5.75 Å². The molecule has 7 rings (SSSR count). The molecule has 180 valence electrons. The fourth-order valence-electron chi connectivity index (χ4n) is 5.15. The fourth-order valence-corrected chi connectivity index (χ4v) is 5.15. The van der Waals surface area contributed by atoms with Gasteiger partial charge in [-0.25, -0.2) is 4.98 Å². The summed E-state index contributed by atoms with van der Waals surface area (Å²) in [5.74, 6) is 1.16. The molecule has 0 saturated heterocycles. The molecule has 3 aromatic heterocycles. The lowest BCUT2D eigenvalue weighted by atomic mass is 10.0. The highest BCUT2D eigenvalue weighted by Crippen LogP contribution is 2.40. The predicted molar refractivity (Wildman–Crippen MR) is 137 cm³/mol. The van der Waals surface area contributed by atoms with Crippen LogP contribution in [-0.2, 0) is 7.05 Å². The molecule has 1 atom stereocenters. The largest absolute Gasteiger partial charge is 0.491 e. The maximum atomic E-state index is 13.6. The van der Waals surface area contributed by atoms with Crippen molar-refractivity contribution in [3.05, 3.63) is 66.1 Å². The molecule has 36 heavy (non-hydrogen) atoms. The zero-order chi connectivity index (χ0) is 24.6. The van der Waals surface area contributed by atoms with Crippen LogP contribution in [0.1, 0.15) is 40.8 Å². The molecule has 0 radical (unpaired) electrons. The van der Waals surface area contributed by atoms with Gasteiger partial charge in [0.2, 0.25) is 0 Å². The number of hydrogen-bond acceptors (Lipinski definition) is 6. The van der Waals surface area contributed by atoms with E-state index in [0.29, 0.717) is 24.0 Å². The van der Waals surface area contributed by atoms with Crippen LogP contribution in [0.25, 0.3) is 32.9 Å². The minimum atomic E-state index is -0.173. The lowest BCUT2D eigenvalue weighted by molar-refractivity contribution is 0.0708. The Hall–Kier alpha value is -4.40. The Balaban J connectivity index is 1.19. The van der Waals surface area contributed by atoms with Gasteiger partial charge in [0.1, 0.15) is 18.2 Å². The molecule has 1 amide bonds. The summed E-state index contributed by atoms with van der Waals surface area (Å²) in [7, 11) is 3.68. The second kappa shape index (κ2) is 7.55. The molecule has 1 aliphatic carbocycles. The third kappa shape index (κ3) is 3.16. The van der Waals surface area contributed by atoms with Gasteiger partial charge in [-0.1, -0.05) is 12.1 Å². The van der Waals surface area contributed by atoms with E-state index in [2.05, 4.69) is 33.5 Å². The number of anilines is 1. The van der Waals surface area contributed by atoms with E-state index in [1.54, 1.807) is 21.8 Å². The van der Waals surface area contributed by atoms with Crippen molar-refractivity contribution in [1.82, 2.24) is 29.4 Å². The average molecular weight is 480 g/mol. The smallest absolute Gasteiger partial charge is 0.254 e. The molecule has 0 bridgehead atoms. The molecular formula is C27H25N7O2. The molecule has 1 aliphatic heterocycles. The number of nitrogens with zero attached hydrogens (tertiary/aromatic N) is 6. The summed E-state index contributed by atoms with van der Waals surface area (Å²) >= 11 is 0. The van der Waals surface area contributed by atoms with E-state index in [0.717, 1.165) is 44.2 Å². The van der Waals surface area contributed by atoms with Gasteiger partial charge in [0.05, 0.1) is 40.9 Å². The van der Waals surface area contributed by atoms with E-state index in [9.17, 15) is 4.79 Å². The molecule has 2 aromatic carbocycles. The van der Waals surface area contributed by atoms with Gasteiger partial charge in [0, 0.05) is 42.4 Å². The normalized spacial score (nSPS) is 16.9. The van der Waals surface area contributed by atoms with Crippen molar-refractivity contribution in [2.45, 2.75) is 24.9 Å². The van der Waals surface area contributed by atoms with Gasteiger partial charge < -0.3 is 15.4 Å². The Kier molecular flexibility index (Phi) is 4.39. The first kappa shape index (κ1) is 20.9. The molecule has 0 spiro atoms. The van der Waals surface area contributed by atoms with Crippen LogP contribution in [0.2, 0.25) is 0 Å². The van der Waals surface area contributed by atoms with E-state index in [1.807, 2.05) is 43.2 Å². The van der Waals surface area contributed by atoms with Crippen molar-refractivity contribution in [3.8, 4) is 16.9 Å². The quantitative estimate of drug-likeness (QED) is 0.416. The van der Waals surface area contributed by atoms with E-state index >= 15 is 0 Å². The summed E-state index contributed by atoms with van der Waals surface area (Å²) in [4.78, 5) is 19.8. The van der Waals surface area contributed by atoms with Crippen LogP contribution in [-0.4, -0.2) is 49.0 Å². The highest BCUT2D eigenvalue weighted by molar-refractivity contribution is 6.10. The Morgan fingerprint density at radius 1 is 1.08 bits per heavy atom. The van der Waals surface area contributed by atoms with Crippen LogP contribution in [0.15, 0.2) is 55.0 Å². The maximum Gasteiger partial charge on any atom is 0.254 e. The summed E-state index contributed by atoms with van der Waals surface area (Å²) in [6.45, 7) is 0.417. The highest BCUT2D eigenvalue weighted by Gasteiger charge is 2.31. The van der Waals surface area contributed by atoms with E-state index in [1.165, 1.54) is 12.8 Å². The lowest BCUT2D eigenvalue weighted by Crippen LogP contribution is -2.32. The van der Waals surface area contributed by atoms with Crippen molar-refractivity contribution in [2.24, 2.45) is 7.05 Å². The average Bonchev–Trinajstić information content (AvgIpc) is 3.27. The predicted octanol–water partition coefficient (Wildman–Crippen LogP) is 4.11. The monoisotopic (exact) mass is 479 g/mol. The number of benzene rings is 2. The van der Waals surface area contributed by atoms with Gasteiger partial charge in [-0.3, -0.25) is 14.2 Å². The van der Waals surface area contributed by atoms with E-state index in [4.69, 9.17) is 10.5 Å². The number of aromatic nitrogens is 5. The van der Waals surface area contributed by atoms with Gasteiger partial charge in [0.25, 0.3) is 5.91 Å². The van der Waals surface area contributed by atoms with Gasteiger partial charge in [-0.05, 0) is 42.7 Å². The number of pyridine rings is 1. The molecule has 9 nitrogen and oxygen atoms in total. The first-order valence-corrected chi connectivity index (χ1v) is 12.1. The standard InChI is InChI=1S/C27H25N7O2/c1-32(27(35)16-4-8-22-20(9-16)25-21(26(28)31-22)12-29-33(25)2)23-14-36-24-10-15(3-7-19(23)24)17-11-30-34(13-17)18-5-6-18/h3-4,7-13,18,23H,5-6,14H2,1-2H3,(H2,28,31)/t23-/m1/s1. The third-order valence-corrected chi connectivity index (χ3v) is 7.37. The second-order valence-corrected chi connectivity index (χ2v) is 9.70. The first-order chi connectivity index (χ1) is 17.5. The number of fused-ring (bicyclic) bond motifs is 4. The van der Waals surface area contributed by atoms with Gasteiger partial charge in [-0.2, -0.15) is 10.2 Å². The Morgan fingerprint density at radius 2 is 1.94 bits per heavy atom. The third-order valence-electron chi connectivity index (χ3n) is 7.37. The molecule has 1 saturated carbocycles. The van der Waals surface area contributed by atoms with Gasteiger partial charge in [-0.15, -0.1) is 0 Å². The number of hydrogen-bond donors (Lipinski definition) is 1. The zero-order valence-corrected chi connectivity index (χ0v) is 20.0. The Labute approximate surface area is 207 Å². The van der Waals surface area contributed by atoms with Crippen molar-refractivity contribution in [2.75, 3.05) is 19.4 Å². The number of amides is 1. The molecular weight excluding hydrogens is 454 g/mol. The van der Waals surface area contributed by atoms with E-state index < -0.39 is 0 Å². The number of nitrogens with two attached hydrogens (primary N) is 1. The van der Waals surface area contributed by atoms with Crippen LogP contribution in [0, 0.1) is 0 Å². The number of carbonyl (C=O) groups excluding carboxylic acids is 1. The van der Waals surface area contributed by atoms with Crippen LogP contribution >= 0.6 is 0 Å². The minimum Gasteiger partial charge on any atom is -0.491 e. The Morgan fingerprint density at radius 3 is 2.78 bits per heavy atom. The van der Waals surface area contributed by atoms with Gasteiger partial charge >= 0.3 is 0 Å². The fraction of sp³-hybridized carbons (Fsp3) is 0.259. The number of likely N-dealkylation sites (N-methyl/N-ethyl adjacent to an activating group) is 1. The molecule has 1 fully saturated rings. The SMILES string of the molecule is CN(C(=O)c1ccc2nc(N)c3cnn(C)c3c2c1)[C@@H]1COc2cc(-c3cnn(C4CC4)c3)ccc21. The number of nitrogen functional groups attached to an aromatic ring is 1. The minimum absolute atomic E-state index is 0.0831. The van der Waals surface area contributed by atoms with Crippen molar-refractivity contribution in [1.29, 1.82) is 0 Å². The number of carbonyl (C=O) groups is 1. The summed E-state index contributed by atoms with van der Waals surface area (Å²) < 4.78 is 9.85. The summed E-state index contributed by atoms with van der Waals surface area (Å²) in [5, 5.41) is 10.4. The topological polar surface area (TPSA) is 104 Å². The van der Waals surface area contributed by atoms with Crippen molar-refractivity contribution < 1.29 is 9.53 Å². The number of rotatable bonds is 4. The highest BCUT2D eigenvalue weighted by atomic mass is 16.5. The molecule has 2 aliphatic rings. The Bertz CT molecular complexity index is 1680. The molecule has 9 heteroatoms. The van der Waals surface area contributed by atoms with Crippen molar-refractivity contribution in [3.63, 3.8) is 0 Å². The number of ether oxygens (including phenoxy) is 1. The summed E-state index contributed by atoms with van der Waals surface area (Å²) in [5.41, 5.74) is 11.4. The lowest BCUT2D eigenvalue weighted by Gasteiger charge is -2.24. The molecule has 0 unspecified atom stereocenters. The van der Waals surface area contributed by atoms with Gasteiger partial charge in [0.15, 0.2) is 0 Å². The van der Waals surface area contributed by atoms with E-state index in [-0.39, 0.29) is 11.9 Å². The zero-order valence-electron chi connectivity index (χ0n) is 20.0.